The summed E-state index contributed by atoms with van der Waals surface area (Å²) in [4.78, 5) is 2.56. The molecule has 0 aromatic heterocycles. The zero-order valence-electron chi connectivity index (χ0n) is 10.1. The summed E-state index contributed by atoms with van der Waals surface area (Å²) in [7, 11) is 2.28. The minimum atomic E-state index is 0.394. The van der Waals surface area contributed by atoms with Crippen LogP contribution in [0.2, 0.25) is 0 Å². The second kappa shape index (κ2) is 3.27. The van der Waals surface area contributed by atoms with E-state index in [-0.39, 0.29) is 0 Å². The van der Waals surface area contributed by atoms with E-state index in [9.17, 15) is 0 Å². The third-order valence-corrected chi connectivity index (χ3v) is 4.61. The maximum absolute atomic E-state index is 2.56. The number of hydrogen-bond acceptors (Lipinski definition) is 1. The molecule has 1 atom stereocenters. The standard InChI is InChI=1S/C12H25N/c1-7-12(8-2)9-11(4,5)13(6)10(12)3/h10H,7-9H2,1-6H3. The van der Waals surface area contributed by atoms with E-state index >= 15 is 0 Å². The number of rotatable bonds is 2. The van der Waals surface area contributed by atoms with Crippen molar-refractivity contribution >= 4 is 0 Å². The van der Waals surface area contributed by atoms with Crippen LogP contribution < -0.4 is 0 Å². The first-order valence-corrected chi connectivity index (χ1v) is 5.62. The average Bonchev–Trinajstić information content (AvgIpc) is 2.27. The van der Waals surface area contributed by atoms with E-state index in [1.165, 1.54) is 19.3 Å². The topological polar surface area (TPSA) is 3.24 Å². The molecule has 0 radical (unpaired) electrons. The molecular formula is C12H25N. The molecule has 0 bridgehead atoms. The average molecular weight is 183 g/mol. The molecule has 0 spiro atoms. The Hall–Kier alpha value is -0.0400. The van der Waals surface area contributed by atoms with Crippen molar-refractivity contribution in [3.8, 4) is 0 Å². The predicted octanol–water partition coefficient (Wildman–Crippen LogP) is 3.30. The summed E-state index contributed by atoms with van der Waals surface area (Å²) in [5.74, 6) is 0. The number of nitrogens with zero attached hydrogens (tertiary/aromatic N) is 1. The first-order valence-electron chi connectivity index (χ1n) is 5.62. The van der Waals surface area contributed by atoms with Gasteiger partial charge in [0.15, 0.2) is 0 Å². The Bertz CT molecular complexity index is 180. The molecule has 1 aliphatic heterocycles. The quantitative estimate of drug-likeness (QED) is 0.635. The second-order valence-corrected chi connectivity index (χ2v) is 5.35. The van der Waals surface area contributed by atoms with Crippen LogP contribution in [0.3, 0.4) is 0 Å². The van der Waals surface area contributed by atoms with Gasteiger partial charge in [-0.3, -0.25) is 4.90 Å². The third-order valence-electron chi connectivity index (χ3n) is 4.61. The minimum Gasteiger partial charge on any atom is -0.298 e. The monoisotopic (exact) mass is 183 g/mol. The van der Waals surface area contributed by atoms with Gasteiger partial charge in [-0.25, -0.2) is 0 Å². The summed E-state index contributed by atoms with van der Waals surface area (Å²) in [6.07, 6.45) is 3.99. The van der Waals surface area contributed by atoms with Gasteiger partial charge in [0.1, 0.15) is 0 Å². The van der Waals surface area contributed by atoms with Crippen molar-refractivity contribution in [2.45, 2.75) is 65.5 Å². The van der Waals surface area contributed by atoms with Gasteiger partial charge in [0.25, 0.3) is 0 Å². The molecule has 1 heteroatoms. The molecule has 0 N–H and O–H groups in total. The van der Waals surface area contributed by atoms with E-state index < -0.39 is 0 Å². The van der Waals surface area contributed by atoms with E-state index in [0.29, 0.717) is 11.0 Å². The largest absolute Gasteiger partial charge is 0.298 e. The predicted molar refractivity (Wildman–Crippen MR) is 58.9 cm³/mol. The fourth-order valence-electron chi connectivity index (χ4n) is 3.16. The summed E-state index contributed by atoms with van der Waals surface area (Å²) in [6, 6.07) is 0.734. The van der Waals surface area contributed by atoms with Crippen molar-refractivity contribution in [1.29, 1.82) is 0 Å². The van der Waals surface area contributed by atoms with Gasteiger partial charge >= 0.3 is 0 Å². The fourth-order valence-corrected chi connectivity index (χ4v) is 3.16. The van der Waals surface area contributed by atoms with Crippen molar-refractivity contribution in [3.63, 3.8) is 0 Å². The smallest absolute Gasteiger partial charge is 0.0159 e. The van der Waals surface area contributed by atoms with Gasteiger partial charge < -0.3 is 0 Å². The zero-order valence-corrected chi connectivity index (χ0v) is 10.1. The van der Waals surface area contributed by atoms with Crippen LogP contribution >= 0.6 is 0 Å². The highest BCUT2D eigenvalue weighted by atomic mass is 15.2. The molecule has 0 aromatic carbocycles. The zero-order chi connectivity index (χ0) is 10.3. The first-order chi connectivity index (χ1) is 5.89. The van der Waals surface area contributed by atoms with E-state index in [2.05, 4.69) is 46.6 Å². The highest BCUT2D eigenvalue weighted by molar-refractivity contribution is 5.03. The Balaban J connectivity index is 2.93. The lowest BCUT2D eigenvalue weighted by atomic mass is 9.74. The maximum Gasteiger partial charge on any atom is 0.0159 e. The summed E-state index contributed by atoms with van der Waals surface area (Å²) in [5, 5.41) is 0. The van der Waals surface area contributed by atoms with Crippen LogP contribution in [-0.4, -0.2) is 23.5 Å². The molecule has 78 valence electrons. The highest BCUT2D eigenvalue weighted by Gasteiger charge is 2.49. The Morgan fingerprint density at radius 1 is 1.23 bits per heavy atom. The van der Waals surface area contributed by atoms with Crippen LogP contribution in [0.5, 0.6) is 0 Å². The molecule has 1 unspecified atom stereocenters. The Morgan fingerprint density at radius 2 is 1.69 bits per heavy atom. The van der Waals surface area contributed by atoms with Gasteiger partial charge in [0, 0.05) is 11.6 Å². The Labute approximate surface area is 83.5 Å². The molecule has 13 heavy (non-hydrogen) atoms. The second-order valence-electron chi connectivity index (χ2n) is 5.35. The number of likely N-dealkylation sites (tertiary alicyclic amines) is 1. The minimum absolute atomic E-state index is 0.394. The molecule has 0 saturated carbocycles. The van der Waals surface area contributed by atoms with Gasteiger partial charge in [-0.15, -0.1) is 0 Å². The van der Waals surface area contributed by atoms with Crippen molar-refractivity contribution in [3.05, 3.63) is 0 Å². The van der Waals surface area contributed by atoms with E-state index in [4.69, 9.17) is 0 Å². The summed E-state index contributed by atoms with van der Waals surface area (Å²) in [6.45, 7) is 11.8. The van der Waals surface area contributed by atoms with Gasteiger partial charge in [-0.2, -0.15) is 0 Å². The lowest BCUT2D eigenvalue weighted by Crippen LogP contribution is -2.40. The molecule has 0 aromatic rings. The van der Waals surface area contributed by atoms with Gasteiger partial charge in [-0.1, -0.05) is 13.8 Å². The SMILES string of the molecule is CCC1(CC)CC(C)(C)N(C)C1C. The lowest BCUT2D eigenvalue weighted by molar-refractivity contribution is 0.147. The molecular weight excluding hydrogens is 158 g/mol. The van der Waals surface area contributed by atoms with Gasteiger partial charge in [0.05, 0.1) is 0 Å². The van der Waals surface area contributed by atoms with Gasteiger partial charge in [-0.05, 0) is 52.5 Å². The van der Waals surface area contributed by atoms with Crippen LogP contribution in [0.15, 0.2) is 0 Å². The van der Waals surface area contributed by atoms with Gasteiger partial charge in [0.2, 0.25) is 0 Å². The lowest BCUT2D eigenvalue weighted by Gasteiger charge is -2.33. The van der Waals surface area contributed by atoms with E-state index in [1.54, 1.807) is 0 Å². The Kier molecular flexibility index (Phi) is 2.78. The van der Waals surface area contributed by atoms with Crippen LogP contribution in [0, 0.1) is 5.41 Å². The molecule has 1 aliphatic rings. The molecule has 0 aliphatic carbocycles. The van der Waals surface area contributed by atoms with Crippen LogP contribution in [0.4, 0.5) is 0 Å². The van der Waals surface area contributed by atoms with Crippen molar-refractivity contribution in [1.82, 2.24) is 4.90 Å². The molecule has 1 rings (SSSR count). The maximum atomic E-state index is 2.56. The normalized spacial score (nSPS) is 32.3. The molecule has 1 saturated heterocycles. The van der Waals surface area contributed by atoms with Crippen molar-refractivity contribution in [2.75, 3.05) is 7.05 Å². The van der Waals surface area contributed by atoms with Crippen LogP contribution in [0.1, 0.15) is 53.9 Å². The molecule has 1 nitrogen and oxygen atoms in total. The molecule has 1 fully saturated rings. The number of hydrogen-bond donors (Lipinski definition) is 0. The van der Waals surface area contributed by atoms with Crippen molar-refractivity contribution in [2.24, 2.45) is 5.41 Å². The molecule has 1 heterocycles. The van der Waals surface area contributed by atoms with E-state index in [0.717, 1.165) is 6.04 Å². The first kappa shape index (κ1) is 11.0. The summed E-state index contributed by atoms with van der Waals surface area (Å²) < 4.78 is 0. The van der Waals surface area contributed by atoms with Crippen molar-refractivity contribution < 1.29 is 0 Å². The summed E-state index contributed by atoms with van der Waals surface area (Å²) in [5.41, 5.74) is 0.962. The fraction of sp³-hybridized carbons (Fsp3) is 1.00. The summed E-state index contributed by atoms with van der Waals surface area (Å²) >= 11 is 0. The Morgan fingerprint density at radius 3 is 1.85 bits per heavy atom. The molecule has 0 amide bonds. The van der Waals surface area contributed by atoms with Crippen LogP contribution in [-0.2, 0) is 0 Å². The van der Waals surface area contributed by atoms with E-state index in [1.807, 2.05) is 0 Å². The van der Waals surface area contributed by atoms with Crippen LogP contribution in [0.25, 0.3) is 0 Å². The third kappa shape index (κ3) is 1.52. The highest BCUT2D eigenvalue weighted by Crippen LogP contribution is 2.49.